The van der Waals surface area contributed by atoms with Crippen LogP contribution in [-0.4, -0.2) is 35.8 Å². The van der Waals surface area contributed by atoms with Gasteiger partial charge in [-0.15, -0.1) is 0 Å². The number of rotatable bonds is 5. The summed E-state index contributed by atoms with van der Waals surface area (Å²) in [6, 6.07) is 16.1. The van der Waals surface area contributed by atoms with Gasteiger partial charge < -0.3 is 14.2 Å². The summed E-state index contributed by atoms with van der Waals surface area (Å²) in [4.78, 5) is 40.8. The van der Waals surface area contributed by atoms with E-state index < -0.39 is 52.1 Å². The highest BCUT2D eigenvalue weighted by atomic mass is 35.5. The molecule has 3 aromatic rings. The van der Waals surface area contributed by atoms with Crippen molar-refractivity contribution in [3.63, 3.8) is 0 Å². The topological polar surface area (TPSA) is 117 Å². The zero-order valence-corrected chi connectivity index (χ0v) is 23.3. The molecule has 0 aromatic heterocycles. The lowest BCUT2D eigenvalue weighted by atomic mass is 9.58. The fourth-order valence-corrected chi connectivity index (χ4v) is 6.00. The van der Waals surface area contributed by atoms with Crippen molar-refractivity contribution < 1.29 is 28.7 Å². The van der Waals surface area contributed by atoms with E-state index in [0.717, 1.165) is 0 Å². The highest BCUT2D eigenvalue weighted by molar-refractivity contribution is 6.30. The van der Waals surface area contributed by atoms with Crippen LogP contribution in [0.1, 0.15) is 48.5 Å². The standard InChI is InChI=1S/C29H26Cl2N2O7/c1-28(2)39-26(34)29(27(35)40-28)22(16-8-14-21(38-3)15-9-16)24(33(36)37)23(17-4-10-19(30)11-5-17)32-25(29)18-6-12-20(31)13-7-18/h4-15,22-25,32H,1-3H3. The minimum atomic E-state index is -2.17. The smallest absolute Gasteiger partial charge is 0.329 e. The Hall–Kier alpha value is -3.66. The number of nitro groups is 1. The van der Waals surface area contributed by atoms with Crippen LogP contribution in [0.4, 0.5) is 0 Å². The van der Waals surface area contributed by atoms with Crippen LogP contribution in [-0.2, 0) is 19.1 Å². The van der Waals surface area contributed by atoms with Crippen LogP contribution in [0.25, 0.3) is 0 Å². The summed E-state index contributed by atoms with van der Waals surface area (Å²) < 4.78 is 16.6. The van der Waals surface area contributed by atoms with Crippen LogP contribution in [0.5, 0.6) is 5.75 Å². The zero-order chi connectivity index (χ0) is 28.8. The summed E-state index contributed by atoms with van der Waals surface area (Å²) in [6.07, 6.45) is 0. The second-order valence-corrected chi connectivity index (χ2v) is 11.1. The Kier molecular flexibility index (Phi) is 7.24. The van der Waals surface area contributed by atoms with Gasteiger partial charge in [-0.2, -0.15) is 0 Å². The van der Waals surface area contributed by atoms with E-state index in [0.29, 0.717) is 32.5 Å². The minimum absolute atomic E-state index is 0.371. The Balaban J connectivity index is 1.82. The van der Waals surface area contributed by atoms with Crippen molar-refractivity contribution in [2.24, 2.45) is 5.41 Å². The number of nitrogens with one attached hydrogen (secondary N) is 1. The van der Waals surface area contributed by atoms with E-state index in [9.17, 15) is 19.7 Å². The molecule has 1 spiro atoms. The summed E-state index contributed by atoms with van der Waals surface area (Å²) in [5.41, 5.74) is -0.748. The van der Waals surface area contributed by atoms with Gasteiger partial charge in [-0.1, -0.05) is 59.6 Å². The monoisotopic (exact) mass is 584 g/mol. The molecule has 4 unspecified atom stereocenters. The molecule has 0 radical (unpaired) electrons. The van der Waals surface area contributed by atoms with Crippen LogP contribution in [0.2, 0.25) is 10.0 Å². The maximum absolute atomic E-state index is 14.2. The Bertz CT molecular complexity index is 1420. The van der Waals surface area contributed by atoms with Crippen molar-refractivity contribution in [3.05, 3.63) is 110 Å². The lowest BCUT2D eigenvalue weighted by Crippen LogP contribution is -2.68. The molecule has 2 fully saturated rings. The molecular weight excluding hydrogens is 559 g/mol. The molecule has 9 nitrogen and oxygen atoms in total. The molecule has 2 aliphatic rings. The van der Waals surface area contributed by atoms with Crippen molar-refractivity contribution in [3.8, 4) is 5.75 Å². The Labute approximate surface area is 240 Å². The maximum Gasteiger partial charge on any atom is 0.329 e. The number of carbonyl (C=O) groups excluding carboxylic acids is 2. The van der Waals surface area contributed by atoms with Crippen molar-refractivity contribution in [1.82, 2.24) is 5.32 Å². The second-order valence-electron chi connectivity index (χ2n) is 10.3. The van der Waals surface area contributed by atoms with Gasteiger partial charge in [0.2, 0.25) is 6.04 Å². The Morgan fingerprint density at radius 1 is 0.825 bits per heavy atom. The number of carbonyl (C=O) groups is 2. The quantitative estimate of drug-likeness (QED) is 0.177. The van der Waals surface area contributed by atoms with Crippen molar-refractivity contribution in [2.75, 3.05) is 7.11 Å². The van der Waals surface area contributed by atoms with Crippen LogP contribution in [0.3, 0.4) is 0 Å². The van der Waals surface area contributed by atoms with Crippen molar-refractivity contribution in [2.45, 2.75) is 43.7 Å². The third kappa shape index (κ3) is 4.68. The fourth-order valence-electron chi connectivity index (χ4n) is 5.75. The first-order chi connectivity index (χ1) is 19.0. The molecule has 40 heavy (non-hydrogen) atoms. The third-order valence-electron chi connectivity index (χ3n) is 7.48. The number of esters is 2. The molecule has 2 aliphatic heterocycles. The number of ether oxygens (including phenoxy) is 3. The predicted octanol–water partition coefficient (Wildman–Crippen LogP) is 5.64. The Morgan fingerprint density at radius 3 is 1.77 bits per heavy atom. The van der Waals surface area contributed by atoms with Gasteiger partial charge in [0.05, 0.1) is 19.1 Å². The number of methoxy groups -OCH3 is 1. The Morgan fingerprint density at radius 2 is 1.30 bits per heavy atom. The molecule has 1 N–H and O–H groups in total. The molecule has 2 saturated heterocycles. The third-order valence-corrected chi connectivity index (χ3v) is 7.98. The SMILES string of the molecule is COc1ccc(C2C([N+](=O)[O-])C(c3ccc(Cl)cc3)NC(c3ccc(Cl)cc3)C23C(=O)OC(C)(C)OC3=O)cc1. The lowest BCUT2D eigenvalue weighted by molar-refractivity contribution is -0.539. The van der Waals surface area contributed by atoms with Crippen LogP contribution < -0.4 is 10.1 Å². The zero-order valence-electron chi connectivity index (χ0n) is 21.8. The first kappa shape index (κ1) is 27.9. The molecule has 3 aromatic carbocycles. The fraction of sp³-hybridized carbons (Fsp3) is 0.310. The lowest BCUT2D eigenvalue weighted by Gasteiger charge is -2.52. The van der Waals surface area contributed by atoms with Gasteiger partial charge in [0.15, 0.2) is 5.41 Å². The molecule has 208 valence electrons. The van der Waals surface area contributed by atoms with E-state index in [1.807, 2.05) is 0 Å². The van der Waals surface area contributed by atoms with Crippen LogP contribution >= 0.6 is 23.2 Å². The van der Waals surface area contributed by atoms with Crippen molar-refractivity contribution >= 4 is 35.1 Å². The first-order valence-corrected chi connectivity index (χ1v) is 13.2. The summed E-state index contributed by atoms with van der Waals surface area (Å²) in [5.74, 6) is -4.23. The van der Waals surface area contributed by atoms with Gasteiger partial charge in [-0.3, -0.25) is 25.0 Å². The molecule has 0 saturated carbocycles. The van der Waals surface area contributed by atoms with Crippen LogP contribution in [0.15, 0.2) is 72.8 Å². The van der Waals surface area contributed by atoms with Crippen molar-refractivity contribution in [1.29, 1.82) is 0 Å². The summed E-state index contributed by atoms with van der Waals surface area (Å²) in [6.45, 7) is 2.88. The average molecular weight is 585 g/mol. The van der Waals surface area contributed by atoms with Gasteiger partial charge in [0, 0.05) is 28.8 Å². The largest absolute Gasteiger partial charge is 0.497 e. The average Bonchev–Trinajstić information content (AvgIpc) is 2.91. The highest BCUT2D eigenvalue weighted by Crippen LogP contribution is 2.58. The number of halogens is 2. The highest BCUT2D eigenvalue weighted by Gasteiger charge is 2.72. The van der Waals surface area contributed by atoms with Gasteiger partial charge in [0.1, 0.15) is 11.8 Å². The normalized spacial score (nSPS) is 25.1. The van der Waals surface area contributed by atoms with E-state index in [-0.39, 0.29) is 0 Å². The number of cyclic esters (lactones) is 2. The summed E-state index contributed by atoms with van der Waals surface area (Å²) >= 11 is 12.3. The molecule has 11 heteroatoms. The molecule has 4 atom stereocenters. The van der Waals surface area contributed by atoms with E-state index >= 15 is 0 Å². The molecule has 0 amide bonds. The molecular formula is C29H26Cl2N2O7. The first-order valence-electron chi connectivity index (χ1n) is 12.5. The number of benzene rings is 3. The van der Waals surface area contributed by atoms with E-state index in [1.165, 1.54) is 21.0 Å². The van der Waals surface area contributed by atoms with Gasteiger partial charge in [0.25, 0.3) is 5.79 Å². The number of nitrogens with zero attached hydrogens (tertiary/aromatic N) is 1. The maximum atomic E-state index is 14.2. The summed E-state index contributed by atoms with van der Waals surface area (Å²) in [7, 11) is 1.49. The van der Waals surface area contributed by atoms with E-state index in [2.05, 4.69) is 5.32 Å². The van der Waals surface area contributed by atoms with E-state index in [4.69, 9.17) is 37.4 Å². The minimum Gasteiger partial charge on any atom is -0.497 e. The molecule has 0 bridgehead atoms. The van der Waals surface area contributed by atoms with Crippen LogP contribution in [0, 0.1) is 15.5 Å². The molecule has 0 aliphatic carbocycles. The number of hydrogen-bond donors (Lipinski definition) is 1. The summed E-state index contributed by atoms with van der Waals surface area (Å²) in [5, 5.41) is 17.1. The molecule has 5 rings (SSSR count). The van der Waals surface area contributed by atoms with Gasteiger partial charge in [-0.05, 0) is 53.1 Å². The molecule has 2 heterocycles. The second kappa shape index (κ2) is 10.4. The van der Waals surface area contributed by atoms with E-state index in [1.54, 1.807) is 72.8 Å². The number of piperidine rings is 1. The van der Waals surface area contributed by atoms with Gasteiger partial charge in [-0.25, -0.2) is 0 Å². The number of hydrogen-bond acceptors (Lipinski definition) is 8. The predicted molar refractivity (Wildman–Crippen MR) is 147 cm³/mol. The van der Waals surface area contributed by atoms with Gasteiger partial charge >= 0.3 is 11.9 Å².